The zero-order valence-corrected chi connectivity index (χ0v) is 20.4. The van der Waals surface area contributed by atoms with Crippen LogP contribution in [0.5, 0.6) is 5.75 Å². The van der Waals surface area contributed by atoms with Crippen LogP contribution in [0, 0.1) is 0 Å². The average Bonchev–Trinajstić information content (AvgIpc) is 3.20. The lowest BCUT2D eigenvalue weighted by atomic mass is 9.96. The summed E-state index contributed by atoms with van der Waals surface area (Å²) < 4.78 is 42.9. The van der Waals surface area contributed by atoms with Gasteiger partial charge in [-0.05, 0) is 30.5 Å². The lowest BCUT2D eigenvalue weighted by Crippen LogP contribution is -2.45. The van der Waals surface area contributed by atoms with Crippen molar-refractivity contribution in [3.8, 4) is 5.75 Å². The summed E-state index contributed by atoms with van der Waals surface area (Å²) in [7, 11) is 0. The van der Waals surface area contributed by atoms with Crippen molar-refractivity contribution in [3.05, 3.63) is 42.0 Å². The van der Waals surface area contributed by atoms with Crippen molar-refractivity contribution in [2.45, 2.75) is 70.9 Å². The highest BCUT2D eigenvalue weighted by Gasteiger charge is 2.30. The van der Waals surface area contributed by atoms with Crippen molar-refractivity contribution in [1.29, 1.82) is 0 Å². The summed E-state index contributed by atoms with van der Waals surface area (Å²) in [6.07, 6.45) is 3.72. The molecule has 7 nitrogen and oxygen atoms in total. The summed E-state index contributed by atoms with van der Waals surface area (Å²) in [4.78, 5) is 4.64. The first kappa shape index (κ1) is 26.2. The van der Waals surface area contributed by atoms with Crippen LogP contribution < -0.4 is 15.4 Å². The number of aryl methyl sites for hydroxylation is 1. The fraction of sp³-hybridized carbons (Fsp3) is 0.571. The maximum absolute atomic E-state index is 12.3. The molecule has 1 fully saturated rings. The Morgan fingerprint density at radius 1 is 1.19 bits per heavy atom. The number of aromatic nitrogens is 3. The first-order valence-electron chi connectivity index (χ1n) is 10.7. The number of rotatable bonds is 8. The number of benzene rings is 1. The molecule has 0 saturated heterocycles. The molecule has 2 aromatic rings. The topological polar surface area (TPSA) is 76.4 Å². The number of halogens is 4. The van der Waals surface area contributed by atoms with E-state index in [-0.39, 0.29) is 29.7 Å². The molecule has 1 aromatic carbocycles. The first-order chi connectivity index (χ1) is 14.9. The van der Waals surface area contributed by atoms with E-state index < -0.39 is 6.36 Å². The molecule has 0 atom stereocenters. The number of hydrogen-bond donors (Lipinski definition) is 2. The molecular weight excluding hydrogens is 536 g/mol. The molecular formula is C21H30F3IN6O. The molecule has 2 N–H and O–H groups in total. The highest BCUT2D eigenvalue weighted by Crippen LogP contribution is 2.23. The van der Waals surface area contributed by atoms with E-state index in [2.05, 4.69) is 30.6 Å². The molecule has 3 rings (SSSR count). The molecule has 1 aromatic heterocycles. The lowest BCUT2D eigenvalue weighted by Gasteiger charge is -2.25. The van der Waals surface area contributed by atoms with Crippen LogP contribution in [0.15, 0.2) is 35.6 Å². The number of aliphatic imine (C=N–C) groups is 1. The largest absolute Gasteiger partial charge is 0.573 e. The van der Waals surface area contributed by atoms with Crippen LogP contribution in [-0.4, -0.2) is 39.7 Å². The molecule has 1 saturated carbocycles. The number of nitrogens with zero attached hydrogens (tertiary/aromatic N) is 4. The molecule has 0 bridgehead atoms. The van der Waals surface area contributed by atoms with Gasteiger partial charge in [0.2, 0.25) is 0 Å². The zero-order chi connectivity index (χ0) is 22.1. The molecule has 11 heteroatoms. The second kappa shape index (κ2) is 12.9. The predicted octanol–water partition coefficient (Wildman–Crippen LogP) is 4.43. The molecule has 0 aliphatic heterocycles. The van der Waals surface area contributed by atoms with Gasteiger partial charge in [-0.1, -0.05) is 38.3 Å². The predicted molar refractivity (Wildman–Crippen MR) is 127 cm³/mol. The number of alkyl halides is 3. The quantitative estimate of drug-likeness (QED) is 0.281. The minimum atomic E-state index is -4.69. The standard InChI is InChI=1S/C21H29F3N6O.HI/c1-2-19-29-27-15-30(19)13-12-25-20(28-17-6-4-3-5-7-17)26-14-16-8-10-18(11-9-16)31-21(22,23)24;/h8-11,15,17H,2-7,12-14H2,1H3,(H2,25,26,28);1H. The van der Waals surface area contributed by atoms with Crippen LogP contribution in [0.3, 0.4) is 0 Å². The SMILES string of the molecule is CCc1nncn1CCNC(=NCc1ccc(OC(F)(F)F)cc1)NC1CCCCC1.I. The van der Waals surface area contributed by atoms with Crippen LogP contribution in [0.4, 0.5) is 13.2 Å². The van der Waals surface area contributed by atoms with Crippen LogP contribution in [0.2, 0.25) is 0 Å². The van der Waals surface area contributed by atoms with Gasteiger partial charge >= 0.3 is 6.36 Å². The maximum Gasteiger partial charge on any atom is 0.573 e. The Balaban J connectivity index is 0.00000363. The third-order valence-electron chi connectivity index (χ3n) is 5.18. The van der Waals surface area contributed by atoms with Crippen molar-refractivity contribution < 1.29 is 17.9 Å². The second-order valence-corrected chi connectivity index (χ2v) is 7.56. The minimum absolute atomic E-state index is 0. The van der Waals surface area contributed by atoms with E-state index in [1.165, 1.54) is 31.4 Å². The van der Waals surface area contributed by atoms with Gasteiger partial charge in [-0.2, -0.15) is 0 Å². The van der Waals surface area contributed by atoms with Gasteiger partial charge in [-0.25, -0.2) is 4.99 Å². The van der Waals surface area contributed by atoms with Gasteiger partial charge in [-0.15, -0.1) is 47.3 Å². The Labute approximate surface area is 203 Å². The molecule has 178 valence electrons. The Kier molecular flexibility index (Phi) is 10.5. The van der Waals surface area contributed by atoms with E-state index in [4.69, 9.17) is 0 Å². The highest BCUT2D eigenvalue weighted by atomic mass is 127. The van der Waals surface area contributed by atoms with Crippen molar-refractivity contribution in [2.24, 2.45) is 4.99 Å². The van der Waals surface area contributed by atoms with Gasteiger partial charge in [-0.3, -0.25) is 0 Å². The lowest BCUT2D eigenvalue weighted by molar-refractivity contribution is -0.274. The summed E-state index contributed by atoms with van der Waals surface area (Å²) in [5, 5.41) is 14.9. The van der Waals surface area contributed by atoms with Crippen molar-refractivity contribution in [2.75, 3.05) is 6.54 Å². The fourth-order valence-corrected chi connectivity index (χ4v) is 3.59. The molecule has 32 heavy (non-hydrogen) atoms. The van der Waals surface area contributed by atoms with Gasteiger partial charge in [0.15, 0.2) is 5.96 Å². The number of hydrogen-bond acceptors (Lipinski definition) is 4. The summed E-state index contributed by atoms with van der Waals surface area (Å²) in [6, 6.07) is 6.17. The molecule has 0 radical (unpaired) electrons. The van der Waals surface area contributed by atoms with E-state index in [0.717, 1.165) is 30.7 Å². The van der Waals surface area contributed by atoms with Crippen molar-refractivity contribution in [1.82, 2.24) is 25.4 Å². The summed E-state index contributed by atoms with van der Waals surface area (Å²) >= 11 is 0. The Hall–Kier alpha value is -2.05. The smallest absolute Gasteiger partial charge is 0.406 e. The minimum Gasteiger partial charge on any atom is -0.406 e. The average molecular weight is 566 g/mol. The van der Waals surface area contributed by atoms with Gasteiger partial charge in [0.05, 0.1) is 6.54 Å². The summed E-state index contributed by atoms with van der Waals surface area (Å²) in [5.74, 6) is 1.40. The number of nitrogens with one attached hydrogen (secondary N) is 2. The summed E-state index contributed by atoms with van der Waals surface area (Å²) in [5.41, 5.74) is 0.798. The second-order valence-electron chi connectivity index (χ2n) is 7.56. The molecule has 0 spiro atoms. The zero-order valence-electron chi connectivity index (χ0n) is 18.1. The third kappa shape index (κ3) is 8.83. The highest BCUT2D eigenvalue weighted by molar-refractivity contribution is 14.0. The number of guanidine groups is 1. The van der Waals surface area contributed by atoms with E-state index in [1.807, 2.05) is 11.5 Å². The van der Waals surface area contributed by atoms with Gasteiger partial charge in [0.1, 0.15) is 17.9 Å². The Bertz CT molecular complexity index is 835. The van der Waals surface area contributed by atoms with Crippen molar-refractivity contribution >= 4 is 29.9 Å². The van der Waals surface area contributed by atoms with Crippen LogP contribution in [0.1, 0.15) is 50.4 Å². The molecule has 1 aliphatic rings. The Morgan fingerprint density at radius 3 is 2.56 bits per heavy atom. The van der Waals surface area contributed by atoms with E-state index >= 15 is 0 Å². The van der Waals surface area contributed by atoms with E-state index in [9.17, 15) is 13.2 Å². The Morgan fingerprint density at radius 2 is 1.91 bits per heavy atom. The maximum atomic E-state index is 12.3. The summed E-state index contributed by atoms with van der Waals surface area (Å²) in [6.45, 7) is 3.75. The van der Waals surface area contributed by atoms with E-state index in [1.54, 1.807) is 18.5 Å². The fourth-order valence-electron chi connectivity index (χ4n) is 3.59. The van der Waals surface area contributed by atoms with E-state index in [0.29, 0.717) is 31.6 Å². The van der Waals surface area contributed by atoms with Crippen LogP contribution in [0.25, 0.3) is 0 Å². The monoisotopic (exact) mass is 566 g/mol. The molecule has 1 aliphatic carbocycles. The third-order valence-corrected chi connectivity index (χ3v) is 5.18. The number of ether oxygens (including phenoxy) is 1. The van der Waals surface area contributed by atoms with Crippen LogP contribution in [-0.2, 0) is 19.5 Å². The van der Waals surface area contributed by atoms with Crippen LogP contribution >= 0.6 is 24.0 Å². The van der Waals surface area contributed by atoms with Crippen molar-refractivity contribution in [3.63, 3.8) is 0 Å². The molecule has 1 heterocycles. The normalized spacial score (nSPS) is 15.2. The van der Waals surface area contributed by atoms with Gasteiger partial charge in [0, 0.05) is 25.6 Å². The molecule has 0 unspecified atom stereocenters. The van der Waals surface area contributed by atoms with Gasteiger partial charge < -0.3 is 19.9 Å². The first-order valence-corrected chi connectivity index (χ1v) is 10.7. The molecule has 0 amide bonds. The van der Waals surface area contributed by atoms with Gasteiger partial charge in [0.25, 0.3) is 0 Å².